The van der Waals surface area contributed by atoms with E-state index < -0.39 is 20.7 Å². The van der Waals surface area contributed by atoms with Crippen molar-refractivity contribution in [1.29, 1.82) is 0 Å². The van der Waals surface area contributed by atoms with Gasteiger partial charge in [0.15, 0.2) is 5.15 Å². The lowest BCUT2D eigenvalue weighted by Crippen LogP contribution is -2.15. The molecule has 0 bridgehead atoms. The minimum Gasteiger partial charge on any atom is -0.276 e. The van der Waals surface area contributed by atoms with Crippen LogP contribution in [0.4, 0.5) is 10.1 Å². The van der Waals surface area contributed by atoms with E-state index in [0.29, 0.717) is 0 Å². The minimum atomic E-state index is -4.03. The van der Waals surface area contributed by atoms with Gasteiger partial charge in [0.25, 0.3) is 10.0 Å². The molecule has 0 atom stereocenters. The third-order valence-corrected chi connectivity index (χ3v) is 4.05. The van der Waals surface area contributed by atoms with E-state index in [9.17, 15) is 12.8 Å². The second-order valence-electron chi connectivity index (χ2n) is 3.89. The number of aromatic nitrogens is 1. The first-order valence-electron chi connectivity index (χ1n) is 5.29. The molecule has 19 heavy (non-hydrogen) atoms. The van der Waals surface area contributed by atoms with Crippen LogP contribution in [0.25, 0.3) is 0 Å². The molecule has 4 nitrogen and oxygen atoms in total. The highest BCUT2D eigenvalue weighted by Gasteiger charge is 2.19. The van der Waals surface area contributed by atoms with E-state index in [4.69, 9.17) is 11.6 Å². The molecule has 0 aliphatic rings. The van der Waals surface area contributed by atoms with Gasteiger partial charge in [-0.15, -0.1) is 0 Å². The predicted molar refractivity (Wildman–Crippen MR) is 71.2 cm³/mol. The normalized spacial score (nSPS) is 11.3. The molecular weight excluding hydrogens is 291 g/mol. The fraction of sp³-hybridized carbons (Fsp3) is 0.0833. The number of hydrogen-bond acceptors (Lipinski definition) is 3. The number of benzene rings is 1. The number of hydrogen-bond donors (Lipinski definition) is 1. The second-order valence-corrected chi connectivity index (χ2v) is 5.90. The molecule has 0 amide bonds. The molecule has 0 fully saturated rings. The van der Waals surface area contributed by atoms with E-state index >= 15 is 0 Å². The van der Waals surface area contributed by atoms with E-state index in [1.807, 2.05) is 0 Å². The summed E-state index contributed by atoms with van der Waals surface area (Å²) in [5, 5.41) is 0.00511. The lowest BCUT2D eigenvalue weighted by molar-refractivity contribution is 0.570. The maximum absolute atomic E-state index is 13.5. The smallest absolute Gasteiger partial charge is 0.264 e. The molecule has 0 aliphatic carbocycles. The highest BCUT2D eigenvalue weighted by Crippen LogP contribution is 2.24. The summed E-state index contributed by atoms with van der Waals surface area (Å²) >= 11 is 5.80. The second kappa shape index (κ2) is 5.14. The van der Waals surface area contributed by atoms with Crippen LogP contribution in [0.5, 0.6) is 0 Å². The van der Waals surface area contributed by atoms with Crippen LogP contribution in [0, 0.1) is 12.7 Å². The number of aryl methyl sites for hydroxylation is 1. The molecule has 2 rings (SSSR count). The number of sulfonamides is 1. The lowest BCUT2D eigenvalue weighted by Gasteiger charge is -2.10. The molecule has 0 saturated carbocycles. The van der Waals surface area contributed by atoms with Crippen molar-refractivity contribution in [1.82, 2.24) is 4.98 Å². The fourth-order valence-electron chi connectivity index (χ4n) is 1.49. The number of nitrogens with zero attached hydrogens (tertiary/aromatic N) is 1. The monoisotopic (exact) mass is 300 g/mol. The fourth-order valence-corrected chi connectivity index (χ4v) is 2.83. The Morgan fingerprint density at radius 2 is 2.00 bits per heavy atom. The van der Waals surface area contributed by atoms with E-state index in [2.05, 4.69) is 9.71 Å². The molecule has 0 spiro atoms. The molecule has 100 valence electrons. The summed E-state index contributed by atoms with van der Waals surface area (Å²) in [6.45, 7) is 1.74. The topological polar surface area (TPSA) is 59.1 Å². The van der Waals surface area contributed by atoms with Crippen molar-refractivity contribution < 1.29 is 12.8 Å². The Morgan fingerprint density at radius 3 is 2.68 bits per heavy atom. The van der Waals surface area contributed by atoms with Gasteiger partial charge in [-0.1, -0.05) is 23.7 Å². The first-order valence-corrected chi connectivity index (χ1v) is 7.16. The van der Waals surface area contributed by atoms with E-state index in [-0.39, 0.29) is 10.8 Å². The van der Waals surface area contributed by atoms with Crippen molar-refractivity contribution in [3.8, 4) is 0 Å². The Balaban J connectivity index is 2.43. The number of rotatable bonds is 3. The van der Waals surface area contributed by atoms with E-state index in [0.717, 1.165) is 11.6 Å². The van der Waals surface area contributed by atoms with Gasteiger partial charge < -0.3 is 0 Å². The summed E-state index contributed by atoms with van der Waals surface area (Å²) < 4.78 is 39.8. The Labute approximate surface area is 115 Å². The van der Waals surface area contributed by atoms with Crippen molar-refractivity contribution in [2.45, 2.75) is 11.8 Å². The van der Waals surface area contributed by atoms with E-state index in [1.54, 1.807) is 6.92 Å². The summed E-state index contributed by atoms with van der Waals surface area (Å²) in [5.41, 5.74) is 0.848. The zero-order valence-corrected chi connectivity index (χ0v) is 11.5. The van der Waals surface area contributed by atoms with Crippen LogP contribution in [0.3, 0.4) is 0 Å². The third-order valence-electron chi connectivity index (χ3n) is 2.35. The minimum absolute atomic E-state index is 0.00511. The van der Waals surface area contributed by atoms with Gasteiger partial charge in [-0.25, -0.2) is 17.8 Å². The first kappa shape index (κ1) is 13.8. The van der Waals surface area contributed by atoms with Gasteiger partial charge in [-0.2, -0.15) is 0 Å². The largest absolute Gasteiger partial charge is 0.276 e. The van der Waals surface area contributed by atoms with Crippen LogP contribution in [0.2, 0.25) is 5.15 Å². The molecule has 7 heteroatoms. The molecule has 1 aromatic heterocycles. The van der Waals surface area contributed by atoms with Crippen LogP contribution >= 0.6 is 11.6 Å². The zero-order valence-electron chi connectivity index (χ0n) is 9.89. The molecule has 1 N–H and O–H groups in total. The molecule has 2 aromatic rings. The molecule has 0 radical (unpaired) electrons. The molecule has 0 aliphatic heterocycles. The van der Waals surface area contributed by atoms with Crippen molar-refractivity contribution in [3.05, 3.63) is 53.1 Å². The summed E-state index contributed by atoms with van der Waals surface area (Å²) in [7, 11) is -4.03. The number of nitrogens with one attached hydrogen (secondary N) is 1. The van der Waals surface area contributed by atoms with Gasteiger partial charge in [0, 0.05) is 6.20 Å². The zero-order chi connectivity index (χ0) is 14.0. The Morgan fingerprint density at radius 1 is 1.32 bits per heavy atom. The molecule has 1 heterocycles. The van der Waals surface area contributed by atoms with Crippen LogP contribution in [-0.4, -0.2) is 13.4 Å². The first-order chi connectivity index (χ1) is 8.90. The van der Waals surface area contributed by atoms with Gasteiger partial charge in [-0.05, 0) is 30.7 Å². The van der Waals surface area contributed by atoms with Gasteiger partial charge in [-0.3, -0.25) is 4.72 Å². The van der Waals surface area contributed by atoms with Crippen molar-refractivity contribution in [3.63, 3.8) is 0 Å². The van der Waals surface area contributed by atoms with Crippen LogP contribution in [-0.2, 0) is 10.0 Å². The van der Waals surface area contributed by atoms with Crippen molar-refractivity contribution >= 4 is 27.3 Å². The lowest BCUT2D eigenvalue weighted by atomic mass is 10.3. The highest BCUT2D eigenvalue weighted by molar-refractivity contribution is 7.92. The van der Waals surface area contributed by atoms with Crippen molar-refractivity contribution in [2.24, 2.45) is 0 Å². The molecule has 0 unspecified atom stereocenters. The summed E-state index contributed by atoms with van der Waals surface area (Å²) in [6.07, 6.45) is 1.50. The highest BCUT2D eigenvalue weighted by atomic mass is 35.5. The summed E-state index contributed by atoms with van der Waals surface area (Å²) in [6, 6.07) is 6.62. The number of pyridine rings is 1. The van der Waals surface area contributed by atoms with Crippen molar-refractivity contribution in [2.75, 3.05) is 4.72 Å². The van der Waals surface area contributed by atoms with Gasteiger partial charge in [0.1, 0.15) is 10.7 Å². The predicted octanol–water partition coefficient (Wildman–Crippen LogP) is 2.98. The Hall–Kier alpha value is -1.66. The molecular formula is C12H10ClFN2O2S. The van der Waals surface area contributed by atoms with Crippen LogP contribution in [0.15, 0.2) is 41.4 Å². The SMILES string of the molecule is Cc1cnc(Cl)c(NS(=O)(=O)c2ccccc2F)c1. The summed E-state index contributed by atoms with van der Waals surface area (Å²) in [5.74, 6) is -0.827. The maximum Gasteiger partial charge on any atom is 0.264 e. The molecule has 0 saturated heterocycles. The van der Waals surface area contributed by atoms with Crippen LogP contribution < -0.4 is 4.72 Å². The quantitative estimate of drug-likeness (QED) is 0.887. The van der Waals surface area contributed by atoms with Gasteiger partial charge in [0.2, 0.25) is 0 Å². The average Bonchev–Trinajstić information content (AvgIpc) is 2.34. The standard InChI is InChI=1S/C12H10ClFN2O2S/c1-8-6-10(12(13)15-7-8)16-19(17,18)11-5-3-2-4-9(11)14/h2-7,16H,1H3. The number of anilines is 1. The Bertz CT molecular complexity index is 719. The third kappa shape index (κ3) is 3.02. The van der Waals surface area contributed by atoms with Gasteiger partial charge in [0.05, 0.1) is 5.69 Å². The van der Waals surface area contributed by atoms with E-state index in [1.165, 1.54) is 30.5 Å². The maximum atomic E-state index is 13.5. The average molecular weight is 301 g/mol. The van der Waals surface area contributed by atoms with Gasteiger partial charge >= 0.3 is 0 Å². The molecule has 1 aromatic carbocycles. The Kier molecular flexibility index (Phi) is 3.73. The number of halogens is 2. The summed E-state index contributed by atoms with van der Waals surface area (Å²) in [4.78, 5) is 3.39. The van der Waals surface area contributed by atoms with Crippen LogP contribution in [0.1, 0.15) is 5.56 Å².